The van der Waals surface area contributed by atoms with E-state index in [9.17, 15) is 4.79 Å². The molecular weight excluding hydrogens is 338 g/mol. The second-order valence-electron chi connectivity index (χ2n) is 6.58. The Morgan fingerprint density at radius 2 is 1.89 bits per heavy atom. The van der Waals surface area contributed by atoms with Crippen LogP contribution in [0.25, 0.3) is 16.8 Å². The highest BCUT2D eigenvalue weighted by atomic mass is 16.2. The molecule has 27 heavy (non-hydrogen) atoms. The van der Waals surface area contributed by atoms with Crippen molar-refractivity contribution in [3.63, 3.8) is 0 Å². The molecule has 0 N–H and O–H groups in total. The van der Waals surface area contributed by atoms with E-state index in [2.05, 4.69) is 15.1 Å². The van der Waals surface area contributed by atoms with E-state index in [4.69, 9.17) is 0 Å². The summed E-state index contributed by atoms with van der Waals surface area (Å²) < 4.78 is 1.76. The third-order valence-corrected chi connectivity index (χ3v) is 4.89. The molecule has 1 aliphatic heterocycles. The first-order valence-corrected chi connectivity index (χ1v) is 8.91. The number of hydrogen-bond acceptors (Lipinski definition) is 4. The number of carbonyl (C=O) groups is 1. The van der Waals surface area contributed by atoms with E-state index in [0.29, 0.717) is 19.5 Å². The quantitative estimate of drug-likeness (QED) is 0.565. The Morgan fingerprint density at radius 3 is 2.74 bits per heavy atom. The van der Waals surface area contributed by atoms with Gasteiger partial charge in [0, 0.05) is 38.1 Å². The minimum Gasteiger partial charge on any atom is -0.334 e. The zero-order valence-electron chi connectivity index (χ0n) is 14.6. The van der Waals surface area contributed by atoms with Crippen LogP contribution in [0.2, 0.25) is 0 Å². The van der Waals surface area contributed by atoms with Crippen molar-refractivity contribution in [1.29, 1.82) is 0 Å². The highest BCUT2D eigenvalue weighted by Crippen LogP contribution is 2.32. The predicted molar refractivity (Wildman–Crippen MR) is 101 cm³/mol. The predicted octanol–water partition coefficient (Wildman–Crippen LogP) is 2.99. The lowest BCUT2D eigenvalue weighted by atomic mass is 9.97. The summed E-state index contributed by atoms with van der Waals surface area (Å²) in [5.74, 6) is 0.820. The number of hydrogen-bond donors (Lipinski definition) is 0. The molecular formula is C21H17N5O. The van der Waals surface area contributed by atoms with Crippen LogP contribution in [-0.4, -0.2) is 36.9 Å². The molecule has 4 aromatic rings. The smallest absolute Gasteiger partial charge is 0.255 e. The maximum atomic E-state index is 13.0. The van der Waals surface area contributed by atoms with Crippen LogP contribution in [0.1, 0.15) is 21.7 Å². The molecule has 0 spiro atoms. The van der Waals surface area contributed by atoms with Crippen LogP contribution in [0.15, 0.2) is 67.1 Å². The van der Waals surface area contributed by atoms with Crippen molar-refractivity contribution >= 4 is 11.6 Å². The summed E-state index contributed by atoms with van der Waals surface area (Å²) in [4.78, 5) is 23.5. The summed E-state index contributed by atoms with van der Waals surface area (Å²) in [5, 5.41) is 4.47. The van der Waals surface area contributed by atoms with Gasteiger partial charge in [-0.15, -0.1) is 0 Å². The minimum absolute atomic E-state index is 0.0705. The third-order valence-electron chi connectivity index (χ3n) is 4.89. The lowest BCUT2D eigenvalue weighted by molar-refractivity contribution is 0.0780. The summed E-state index contributed by atoms with van der Waals surface area (Å²) >= 11 is 0. The molecule has 1 aliphatic rings. The van der Waals surface area contributed by atoms with Gasteiger partial charge in [-0.25, -0.2) is 9.50 Å². The van der Waals surface area contributed by atoms with Gasteiger partial charge in [-0.2, -0.15) is 5.10 Å². The van der Waals surface area contributed by atoms with Gasteiger partial charge in [-0.3, -0.25) is 9.78 Å². The fraction of sp³-hybridized carbons (Fsp3) is 0.143. The molecule has 4 heterocycles. The number of rotatable bonds is 4. The van der Waals surface area contributed by atoms with Crippen molar-refractivity contribution in [2.45, 2.75) is 13.0 Å². The number of pyridine rings is 2. The second kappa shape index (κ2) is 6.32. The maximum Gasteiger partial charge on any atom is 0.255 e. The maximum absolute atomic E-state index is 13.0. The summed E-state index contributed by atoms with van der Waals surface area (Å²) in [6.45, 7) is 1.22. The van der Waals surface area contributed by atoms with Gasteiger partial charge in [-0.1, -0.05) is 24.3 Å². The first-order chi connectivity index (χ1) is 13.3. The number of amides is 1. The van der Waals surface area contributed by atoms with Crippen molar-refractivity contribution in [2.24, 2.45) is 0 Å². The first-order valence-electron chi connectivity index (χ1n) is 8.91. The Labute approximate surface area is 156 Å². The molecule has 0 bridgehead atoms. The SMILES string of the molecule is O=C1c2c(cccc2-c2ccncc2)CN1CCc1nc2ccccn2n1. The Hall–Kier alpha value is -3.54. The Balaban J connectivity index is 1.39. The van der Waals surface area contributed by atoms with Crippen molar-refractivity contribution in [3.8, 4) is 11.1 Å². The number of fused-ring (bicyclic) bond motifs is 2. The van der Waals surface area contributed by atoms with E-state index in [0.717, 1.165) is 33.7 Å². The van der Waals surface area contributed by atoms with Gasteiger partial charge in [-0.05, 0) is 41.0 Å². The zero-order valence-corrected chi connectivity index (χ0v) is 14.6. The molecule has 3 aromatic heterocycles. The van der Waals surface area contributed by atoms with E-state index in [1.165, 1.54) is 0 Å². The van der Waals surface area contributed by atoms with Gasteiger partial charge >= 0.3 is 0 Å². The van der Waals surface area contributed by atoms with Crippen LogP contribution >= 0.6 is 0 Å². The van der Waals surface area contributed by atoms with Gasteiger partial charge < -0.3 is 4.90 Å². The molecule has 0 radical (unpaired) electrons. The van der Waals surface area contributed by atoms with Gasteiger partial charge in [0.05, 0.1) is 5.56 Å². The van der Waals surface area contributed by atoms with Crippen LogP contribution in [0.5, 0.6) is 0 Å². The highest BCUT2D eigenvalue weighted by Gasteiger charge is 2.30. The lowest BCUT2D eigenvalue weighted by Crippen LogP contribution is -2.26. The molecule has 1 aromatic carbocycles. The van der Waals surface area contributed by atoms with E-state index < -0.39 is 0 Å². The van der Waals surface area contributed by atoms with Crippen molar-refractivity contribution in [2.75, 3.05) is 6.54 Å². The van der Waals surface area contributed by atoms with Crippen LogP contribution < -0.4 is 0 Å². The van der Waals surface area contributed by atoms with Gasteiger partial charge in [0.25, 0.3) is 5.91 Å². The van der Waals surface area contributed by atoms with Crippen LogP contribution in [-0.2, 0) is 13.0 Å². The average Bonchev–Trinajstić information content (AvgIpc) is 3.27. The second-order valence-corrected chi connectivity index (χ2v) is 6.58. The molecule has 1 amide bonds. The van der Waals surface area contributed by atoms with Crippen LogP contribution in [0.3, 0.4) is 0 Å². The molecule has 0 fully saturated rings. The molecule has 0 atom stereocenters. The minimum atomic E-state index is 0.0705. The van der Waals surface area contributed by atoms with E-state index in [-0.39, 0.29) is 5.91 Å². The van der Waals surface area contributed by atoms with Crippen molar-refractivity contribution < 1.29 is 4.79 Å². The molecule has 0 aliphatic carbocycles. The molecule has 6 heteroatoms. The van der Waals surface area contributed by atoms with E-state index >= 15 is 0 Å². The fourth-order valence-corrected chi connectivity index (χ4v) is 3.59. The average molecular weight is 355 g/mol. The molecule has 0 saturated heterocycles. The van der Waals surface area contributed by atoms with Crippen LogP contribution in [0.4, 0.5) is 0 Å². The lowest BCUT2D eigenvalue weighted by Gasteiger charge is -2.14. The molecule has 0 unspecified atom stereocenters. The molecule has 132 valence electrons. The fourth-order valence-electron chi connectivity index (χ4n) is 3.59. The Bertz CT molecular complexity index is 1100. The zero-order chi connectivity index (χ0) is 18.2. The summed E-state index contributed by atoms with van der Waals surface area (Å²) in [7, 11) is 0. The summed E-state index contributed by atoms with van der Waals surface area (Å²) in [6, 6.07) is 15.7. The monoisotopic (exact) mass is 355 g/mol. The van der Waals surface area contributed by atoms with Gasteiger partial charge in [0.1, 0.15) is 0 Å². The topological polar surface area (TPSA) is 63.4 Å². The normalized spacial score (nSPS) is 13.3. The van der Waals surface area contributed by atoms with Crippen LogP contribution in [0, 0.1) is 0 Å². The third kappa shape index (κ3) is 2.75. The summed E-state index contributed by atoms with van der Waals surface area (Å²) in [5.41, 5.74) is 4.67. The van der Waals surface area contributed by atoms with Gasteiger partial charge in [0.15, 0.2) is 11.5 Å². The first kappa shape index (κ1) is 15.7. The largest absolute Gasteiger partial charge is 0.334 e. The molecule has 6 nitrogen and oxygen atoms in total. The number of nitrogens with zero attached hydrogens (tertiary/aromatic N) is 5. The highest BCUT2D eigenvalue weighted by molar-refractivity contribution is 6.04. The van der Waals surface area contributed by atoms with Crippen molar-refractivity contribution in [3.05, 3.63) is 84.1 Å². The Morgan fingerprint density at radius 1 is 1.00 bits per heavy atom. The molecule has 0 saturated carbocycles. The Kier molecular flexibility index (Phi) is 3.67. The standard InChI is InChI=1S/C21H17N5O/c27-21-20-16(4-3-5-17(20)15-7-10-22-11-8-15)14-25(21)13-9-18-23-19-6-1-2-12-26(19)24-18/h1-8,10-12H,9,13-14H2. The van der Waals surface area contributed by atoms with E-state index in [1.54, 1.807) is 16.9 Å². The van der Waals surface area contributed by atoms with Gasteiger partial charge in [0.2, 0.25) is 0 Å². The number of benzene rings is 1. The van der Waals surface area contributed by atoms with E-state index in [1.807, 2.05) is 59.6 Å². The van der Waals surface area contributed by atoms with Crippen molar-refractivity contribution in [1.82, 2.24) is 24.5 Å². The number of aromatic nitrogens is 4. The summed E-state index contributed by atoms with van der Waals surface area (Å²) in [6.07, 6.45) is 6.01. The number of carbonyl (C=O) groups excluding carboxylic acids is 1. The molecule has 5 rings (SSSR count).